The zero-order chi connectivity index (χ0) is 16.6. The molecule has 2 saturated carbocycles. The van der Waals surface area contributed by atoms with Crippen LogP contribution in [-0.2, 0) is 10.2 Å². The second-order valence-corrected chi connectivity index (χ2v) is 8.03. The smallest absolute Gasteiger partial charge is 0.233 e. The summed E-state index contributed by atoms with van der Waals surface area (Å²) in [6, 6.07) is 11.4. The molecular formula is C21H31IN2O. The quantitative estimate of drug-likeness (QED) is 0.637. The summed E-state index contributed by atoms with van der Waals surface area (Å²) in [4.78, 5) is 18.2. The third-order valence-corrected chi connectivity index (χ3v) is 6.61. The molecule has 0 N–H and O–H groups in total. The summed E-state index contributed by atoms with van der Waals surface area (Å²) in [5, 5.41) is 0. The maximum Gasteiger partial charge on any atom is 0.233 e. The summed E-state index contributed by atoms with van der Waals surface area (Å²) in [6.45, 7) is 2.46. The first kappa shape index (κ1) is 19.2. The third-order valence-electron chi connectivity index (χ3n) is 6.61. The summed E-state index contributed by atoms with van der Waals surface area (Å²) in [7, 11) is 2.07. The lowest BCUT2D eigenvalue weighted by Gasteiger charge is -2.43. The average molecular weight is 454 g/mol. The van der Waals surface area contributed by atoms with Crippen LogP contribution >= 0.6 is 24.0 Å². The highest BCUT2D eigenvalue weighted by molar-refractivity contribution is 14.0. The van der Waals surface area contributed by atoms with Gasteiger partial charge in [-0.3, -0.25) is 9.69 Å². The van der Waals surface area contributed by atoms with Gasteiger partial charge in [0.05, 0.1) is 5.41 Å². The topological polar surface area (TPSA) is 23.6 Å². The van der Waals surface area contributed by atoms with Gasteiger partial charge in [0.1, 0.15) is 0 Å². The van der Waals surface area contributed by atoms with Gasteiger partial charge >= 0.3 is 0 Å². The van der Waals surface area contributed by atoms with E-state index >= 15 is 0 Å². The second kappa shape index (κ2) is 7.95. The van der Waals surface area contributed by atoms with Crippen LogP contribution in [0.5, 0.6) is 0 Å². The molecule has 0 bridgehead atoms. The molecule has 2 atom stereocenters. The molecule has 3 fully saturated rings. The Kier molecular flexibility index (Phi) is 6.09. The van der Waals surface area contributed by atoms with Gasteiger partial charge in [-0.05, 0) is 57.2 Å². The van der Waals surface area contributed by atoms with E-state index in [-0.39, 0.29) is 29.4 Å². The Morgan fingerprint density at radius 3 is 2.32 bits per heavy atom. The molecule has 138 valence electrons. The maximum absolute atomic E-state index is 13.4. The fourth-order valence-corrected chi connectivity index (χ4v) is 5.04. The number of carbonyl (C=O) groups is 1. The Morgan fingerprint density at radius 1 is 1.04 bits per heavy atom. The lowest BCUT2D eigenvalue weighted by Crippen LogP contribution is -2.55. The number of likely N-dealkylation sites (N-methyl/N-ethyl adjacent to an activating group) is 1. The van der Waals surface area contributed by atoms with Crippen LogP contribution in [0, 0.1) is 0 Å². The molecule has 4 heteroatoms. The van der Waals surface area contributed by atoms with Crippen LogP contribution in [0.1, 0.15) is 56.9 Å². The van der Waals surface area contributed by atoms with Crippen LogP contribution in [0.3, 0.4) is 0 Å². The lowest BCUT2D eigenvalue weighted by atomic mass is 9.86. The zero-order valence-electron chi connectivity index (χ0n) is 15.3. The minimum atomic E-state index is -0.219. The average Bonchev–Trinajstić information content (AvgIpc) is 3.28. The van der Waals surface area contributed by atoms with E-state index in [1.54, 1.807) is 0 Å². The van der Waals surface area contributed by atoms with Crippen molar-refractivity contribution in [1.29, 1.82) is 0 Å². The van der Waals surface area contributed by atoms with Gasteiger partial charge in [0.15, 0.2) is 0 Å². The molecule has 1 aromatic rings. The molecule has 3 nitrogen and oxygen atoms in total. The molecule has 1 aromatic carbocycles. The largest absolute Gasteiger partial charge is 0.340 e. The summed E-state index contributed by atoms with van der Waals surface area (Å²) in [5.41, 5.74) is 0.999. The number of benzene rings is 1. The number of likely N-dealkylation sites (tertiary alicyclic amines) is 1. The predicted octanol–water partition coefficient (Wildman–Crippen LogP) is 4.20. The number of halogens is 1. The molecule has 4 rings (SSSR count). The minimum Gasteiger partial charge on any atom is -0.340 e. The number of carbonyl (C=O) groups excluding carboxylic acids is 1. The second-order valence-electron chi connectivity index (χ2n) is 8.03. The number of hydrogen-bond acceptors (Lipinski definition) is 2. The van der Waals surface area contributed by atoms with Crippen molar-refractivity contribution < 1.29 is 4.79 Å². The summed E-state index contributed by atoms with van der Waals surface area (Å²) < 4.78 is 0. The Balaban J connectivity index is 0.00000182. The van der Waals surface area contributed by atoms with Crippen molar-refractivity contribution in [1.82, 2.24) is 9.80 Å². The highest BCUT2D eigenvalue weighted by Gasteiger charge is 2.53. The van der Waals surface area contributed by atoms with Crippen molar-refractivity contribution in [3.8, 4) is 0 Å². The molecule has 25 heavy (non-hydrogen) atoms. The summed E-state index contributed by atoms with van der Waals surface area (Å²) in [6.07, 6.45) is 9.72. The summed E-state index contributed by atoms with van der Waals surface area (Å²) >= 11 is 0. The van der Waals surface area contributed by atoms with E-state index in [0.717, 1.165) is 12.8 Å². The van der Waals surface area contributed by atoms with Gasteiger partial charge in [0.25, 0.3) is 0 Å². The zero-order valence-corrected chi connectivity index (χ0v) is 17.7. The normalized spacial score (nSPS) is 28.2. The van der Waals surface area contributed by atoms with E-state index in [4.69, 9.17) is 0 Å². The molecular weight excluding hydrogens is 423 g/mol. The van der Waals surface area contributed by atoms with Gasteiger partial charge < -0.3 is 4.90 Å². The number of rotatable bonds is 4. The molecule has 3 aliphatic rings. The van der Waals surface area contributed by atoms with Crippen molar-refractivity contribution in [3.63, 3.8) is 0 Å². The van der Waals surface area contributed by atoms with E-state index in [2.05, 4.69) is 41.1 Å². The maximum atomic E-state index is 13.4. The fraction of sp³-hybridized carbons (Fsp3) is 0.667. The highest BCUT2D eigenvalue weighted by atomic mass is 127. The molecule has 1 aliphatic heterocycles. The van der Waals surface area contributed by atoms with Crippen LogP contribution in [0.4, 0.5) is 0 Å². The first-order chi connectivity index (χ1) is 11.7. The first-order valence-electron chi connectivity index (χ1n) is 9.79. The van der Waals surface area contributed by atoms with Crippen molar-refractivity contribution in [2.45, 2.75) is 68.9 Å². The van der Waals surface area contributed by atoms with Crippen LogP contribution in [0.2, 0.25) is 0 Å². The number of amides is 1. The van der Waals surface area contributed by atoms with E-state index in [1.807, 2.05) is 6.07 Å². The van der Waals surface area contributed by atoms with Gasteiger partial charge in [-0.2, -0.15) is 0 Å². The first-order valence-corrected chi connectivity index (χ1v) is 9.79. The third kappa shape index (κ3) is 3.61. The molecule has 0 spiro atoms. The van der Waals surface area contributed by atoms with Gasteiger partial charge in [0.2, 0.25) is 5.91 Å². The van der Waals surface area contributed by atoms with Crippen molar-refractivity contribution >= 4 is 29.9 Å². The minimum absolute atomic E-state index is 0. The van der Waals surface area contributed by atoms with Gasteiger partial charge in [0, 0.05) is 19.1 Å². The molecule has 1 heterocycles. The molecule has 0 radical (unpaired) electrons. The number of hydrogen-bond donors (Lipinski definition) is 0. The van der Waals surface area contributed by atoms with E-state index < -0.39 is 0 Å². The predicted molar refractivity (Wildman–Crippen MR) is 112 cm³/mol. The van der Waals surface area contributed by atoms with E-state index in [9.17, 15) is 4.79 Å². The lowest BCUT2D eigenvalue weighted by molar-refractivity contribution is -0.137. The van der Waals surface area contributed by atoms with Crippen LogP contribution in [0.15, 0.2) is 30.3 Å². The Hall–Kier alpha value is -0.620. The van der Waals surface area contributed by atoms with Crippen molar-refractivity contribution in [2.24, 2.45) is 0 Å². The SMILES string of the molecule is CN(C(=O)C1(c2ccccc2)CC1)[C@@H]1CCCC[C@@H]1N1CCCC1.I. The molecule has 1 amide bonds. The Morgan fingerprint density at radius 2 is 1.68 bits per heavy atom. The van der Waals surface area contributed by atoms with Crippen LogP contribution in [-0.4, -0.2) is 47.9 Å². The monoisotopic (exact) mass is 454 g/mol. The molecule has 0 aromatic heterocycles. The van der Waals surface area contributed by atoms with Gasteiger partial charge in [-0.15, -0.1) is 24.0 Å². The van der Waals surface area contributed by atoms with Crippen molar-refractivity contribution in [3.05, 3.63) is 35.9 Å². The van der Waals surface area contributed by atoms with Crippen LogP contribution in [0.25, 0.3) is 0 Å². The number of nitrogens with zero attached hydrogens (tertiary/aromatic N) is 2. The molecule has 0 unspecified atom stereocenters. The molecule has 2 aliphatic carbocycles. The summed E-state index contributed by atoms with van der Waals surface area (Å²) in [5.74, 6) is 0.366. The van der Waals surface area contributed by atoms with E-state index in [1.165, 1.54) is 57.2 Å². The van der Waals surface area contributed by atoms with Gasteiger partial charge in [-0.1, -0.05) is 43.2 Å². The van der Waals surface area contributed by atoms with Gasteiger partial charge in [-0.25, -0.2) is 0 Å². The van der Waals surface area contributed by atoms with Crippen molar-refractivity contribution in [2.75, 3.05) is 20.1 Å². The highest BCUT2D eigenvalue weighted by Crippen LogP contribution is 2.50. The molecule has 1 saturated heterocycles. The Labute approximate surface area is 169 Å². The van der Waals surface area contributed by atoms with Crippen LogP contribution < -0.4 is 0 Å². The fourth-order valence-electron chi connectivity index (χ4n) is 5.04. The standard InChI is InChI=1S/C21H30N2O.HI/c1-22(18-11-5-6-12-19(18)23-15-7-8-16-23)20(24)21(13-14-21)17-9-3-2-4-10-17;/h2-4,9-10,18-19H,5-8,11-16H2,1H3;1H/t18-,19+;/m1./s1. The Bertz CT molecular complexity index is 581. The van der Waals surface area contributed by atoms with E-state index in [0.29, 0.717) is 18.0 Å².